The molecule has 0 fully saturated rings. The van der Waals surface area contributed by atoms with Crippen LogP contribution in [0.15, 0.2) is 24.3 Å². The summed E-state index contributed by atoms with van der Waals surface area (Å²) in [5, 5.41) is 6.88. The second-order valence-corrected chi connectivity index (χ2v) is 5.82. The van der Waals surface area contributed by atoms with Gasteiger partial charge in [0.1, 0.15) is 11.6 Å². The molecule has 1 aromatic rings. The summed E-state index contributed by atoms with van der Waals surface area (Å²) in [4.78, 5) is 0. The Bertz CT molecular complexity index is 552. The van der Waals surface area contributed by atoms with Crippen molar-refractivity contribution in [2.75, 3.05) is 5.75 Å². The van der Waals surface area contributed by atoms with Crippen molar-refractivity contribution in [3.63, 3.8) is 0 Å². The maximum Gasteiger partial charge on any atom is 0.416 e. The van der Waals surface area contributed by atoms with Crippen LogP contribution < -0.4 is 5.73 Å². The minimum atomic E-state index is -4.51. The molecule has 0 spiro atoms. The number of benzene rings is 1. The first-order valence-electron chi connectivity index (χ1n) is 4.79. The molecule has 1 rings (SSSR count). The Kier molecular flexibility index (Phi) is 4.00. The van der Waals surface area contributed by atoms with Crippen LogP contribution in [0.25, 0.3) is 0 Å². The van der Waals surface area contributed by atoms with Gasteiger partial charge in [0.05, 0.1) is 11.3 Å². The zero-order valence-electron chi connectivity index (χ0n) is 9.16. The summed E-state index contributed by atoms with van der Waals surface area (Å²) in [5.74, 6) is -1.78. The van der Waals surface area contributed by atoms with Gasteiger partial charge in [0.15, 0.2) is 9.84 Å². The van der Waals surface area contributed by atoms with Crippen LogP contribution in [0.4, 0.5) is 13.2 Å². The van der Waals surface area contributed by atoms with E-state index < -0.39 is 38.9 Å². The molecule has 8 heteroatoms. The first-order chi connectivity index (χ1) is 8.10. The van der Waals surface area contributed by atoms with Crippen molar-refractivity contribution in [3.8, 4) is 0 Å². The Balaban J connectivity index is 2.96. The van der Waals surface area contributed by atoms with Gasteiger partial charge < -0.3 is 5.73 Å². The topological polar surface area (TPSA) is 84.0 Å². The lowest BCUT2D eigenvalue weighted by atomic mass is 10.1. The number of hydrogen-bond donors (Lipinski definition) is 2. The molecule has 0 amide bonds. The first kappa shape index (κ1) is 14.5. The molecule has 0 aromatic heterocycles. The van der Waals surface area contributed by atoms with Crippen LogP contribution in [0.5, 0.6) is 0 Å². The molecule has 0 radical (unpaired) electrons. The van der Waals surface area contributed by atoms with Gasteiger partial charge in [0.2, 0.25) is 0 Å². The minimum absolute atomic E-state index is 0.0195. The maximum absolute atomic E-state index is 12.4. The fraction of sp³-hybridized carbons (Fsp3) is 0.300. The van der Waals surface area contributed by atoms with Crippen LogP contribution in [0.1, 0.15) is 11.1 Å². The fourth-order valence-corrected chi connectivity index (χ4v) is 2.64. The van der Waals surface area contributed by atoms with E-state index in [1.807, 2.05) is 0 Å². The molecule has 0 aliphatic carbocycles. The molecular weight excluding hydrogens is 269 g/mol. The van der Waals surface area contributed by atoms with Crippen LogP contribution in [-0.4, -0.2) is 20.0 Å². The summed E-state index contributed by atoms with van der Waals surface area (Å²) in [6.45, 7) is 0. The van der Waals surface area contributed by atoms with Crippen molar-refractivity contribution in [2.24, 2.45) is 5.73 Å². The zero-order valence-corrected chi connectivity index (χ0v) is 9.98. The van der Waals surface area contributed by atoms with Gasteiger partial charge in [-0.15, -0.1) is 0 Å². The molecule has 0 aliphatic heterocycles. The predicted octanol–water partition coefficient (Wildman–Crippen LogP) is 1.56. The molecule has 100 valence electrons. The Labute approximate surface area is 102 Å². The predicted molar refractivity (Wildman–Crippen MR) is 60.8 cm³/mol. The average Bonchev–Trinajstić information content (AvgIpc) is 2.13. The second kappa shape index (κ2) is 4.97. The molecule has 0 aliphatic rings. The van der Waals surface area contributed by atoms with E-state index in [9.17, 15) is 21.6 Å². The number of halogens is 3. The highest BCUT2D eigenvalue weighted by Crippen LogP contribution is 2.29. The van der Waals surface area contributed by atoms with E-state index in [2.05, 4.69) is 0 Å². The number of nitrogens with two attached hydrogens (primary N) is 1. The van der Waals surface area contributed by atoms with Crippen LogP contribution >= 0.6 is 0 Å². The van der Waals surface area contributed by atoms with Crippen LogP contribution in [0, 0.1) is 5.41 Å². The third kappa shape index (κ3) is 4.36. The van der Waals surface area contributed by atoms with Gasteiger partial charge in [0.25, 0.3) is 0 Å². The molecule has 1 aromatic carbocycles. The standard InChI is InChI=1S/C10H11F3N2O2S/c11-10(12,13)8-3-1-2-7(4-8)5-18(16,17)6-9(14)15/h1-4H,5-6H2,(H3,14,15). The third-order valence-corrected chi connectivity index (χ3v) is 3.54. The van der Waals surface area contributed by atoms with Crippen LogP contribution in [0.2, 0.25) is 0 Å². The number of hydrogen-bond acceptors (Lipinski definition) is 3. The van der Waals surface area contributed by atoms with Gasteiger partial charge in [-0.25, -0.2) is 8.42 Å². The summed E-state index contributed by atoms with van der Waals surface area (Å²) in [6, 6.07) is 4.06. The van der Waals surface area contributed by atoms with E-state index in [1.54, 1.807) is 0 Å². The van der Waals surface area contributed by atoms with E-state index in [4.69, 9.17) is 11.1 Å². The summed E-state index contributed by atoms with van der Waals surface area (Å²) < 4.78 is 60.2. The number of amidine groups is 1. The summed E-state index contributed by atoms with van der Waals surface area (Å²) >= 11 is 0. The molecule has 3 N–H and O–H groups in total. The molecule has 0 bridgehead atoms. The number of sulfone groups is 1. The molecule has 0 unspecified atom stereocenters. The van der Waals surface area contributed by atoms with E-state index in [0.29, 0.717) is 0 Å². The lowest BCUT2D eigenvalue weighted by molar-refractivity contribution is -0.137. The molecule has 0 atom stereocenters. The Hall–Kier alpha value is -1.57. The quantitative estimate of drug-likeness (QED) is 0.648. The van der Waals surface area contributed by atoms with Gasteiger partial charge >= 0.3 is 6.18 Å². The largest absolute Gasteiger partial charge is 0.416 e. The van der Waals surface area contributed by atoms with Crippen molar-refractivity contribution >= 4 is 15.7 Å². The van der Waals surface area contributed by atoms with Gasteiger partial charge in [0, 0.05) is 0 Å². The molecule has 0 heterocycles. The Morgan fingerprint density at radius 3 is 2.44 bits per heavy atom. The second-order valence-electron chi connectivity index (χ2n) is 3.76. The van der Waals surface area contributed by atoms with E-state index in [-0.39, 0.29) is 5.56 Å². The molecular formula is C10H11F3N2O2S. The first-order valence-corrected chi connectivity index (χ1v) is 6.62. The minimum Gasteiger partial charge on any atom is -0.387 e. The number of alkyl halides is 3. The van der Waals surface area contributed by atoms with Crippen molar-refractivity contribution in [1.82, 2.24) is 0 Å². The molecule has 0 saturated heterocycles. The highest BCUT2D eigenvalue weighted by Gasteiger charge is 2.30. The number of nitrogens with one attached hydrogen (secondary N) is 1. The van der Waals surface area contributed by atoms with Crippen LogP contribution in [-0.2, 0) is 21.8 Å². The lowest BCUT2D eigenvalue weighted by Gasteiger charge is -2.09. The Morgan fingerprint density at radius 1 is 1.33 bits per heavy atom. The van der Waals surface area contributed by atoms with Crippen molar-refractivity contribution in [1.29, 1.82) is 5.41 Å². The monoisotopic (exact) mass is 280 g/mol. The van der Waals surface area contributed by atoms with E-state index >= 15 is 0 Å². The zero-order chi connectivity index (χ0) is 14.0. The van der Waals surface area contributed by atoms with Gasteiger partial charge in [-0.3, -0.25) is 5.41 Å². The molecule has 0 saturated carbocycles. The maximum atomic E-state index is 12.4. The summed E-state index contributed by atoms with van der Waals surface area (Å²) in [6.07, 6.45) is -4.51. The Morgan fingerprint density at radius 2 is 1.94 bits per heavy atom. The van der Waals surface area contributed by atoms with E-state index in [0.717, 1.165) is 18.2 Å². The normalized spacial score (nSPS) is 12.4. The third-order valence-electron chi connectivity index (χ3n) is 2.02. The smallest absolute Gasteiger partial charge is 0.387 e. The van der Waals surface area contributed by atoms with Crippen molar-refractivity contribution in [2.45, 2.75) is 11.9 Å². The van der Waals surface area contributed by atoms with Gasteiger partial charge in [-0.2, -0.15) is 13.2 Å². The highest BCUT2D eigenvalue weighted by molar-refractivity contribution is 7.91. The SMILES string of the molecule is N=C(N)CS(=O)(=O)Cc1cccc(C(F)(F)F)c1. The highest BCUT2D eigenvalue weighted by atomic mass is 32.2. The summed E-state index contributed by atoms with van der Waals surface area (Å²) in [7, 11) is -3.71. The molecule has 18 heavy (non-hydrogen) atoms. The van der Waals surface area contributed by atoms with Crippen LogP contribution in [0.3, 0.4) is 0 Å². The fourth-order valence-electron chi connectivity index (χ4n) is 1.38. The van der Waals surface area contributed by atoms with Crippen molar-refractivity contribution in [3.05, 3.63) is 35.4 Å². The van der Waals surface area contributed by atoms with Gasteiger partial charge in [-0.05, 0) is 11.6 Å². The summed E-state index contributed by atoms with van der Waals surface area (Å²) in [5.41, 5.74) is 4.07. The molecule has 4 nitrogen and oxygen atoms in total. The van der Waals surface area contributed by atoms with Crippen molar-refractivity contribution < 1.29 is 21.6 Å². The van der Waals surface area contributed by atoms with Gasteiger partial charge in [-0.1, -0.05) is 18.2 Å². The average molecular weight is 280 g/mol. The van der Waals surface area contributed by atoms with E-state index in [1.165, 1.54) is 6.07 Å². The lowest BCUT2D eigenvalue weighted by Crippen LogP contribution is -2.23. The number of rotatable bonds is 4.